The zero-order valence-corrected chi connectivity index (χ0v) is 13.0. The topological polar surface area (TPSA) is 50.4 Å². The maximum atomic E-state index is 11.8. The van der Waals surface area contributed by atoms with E-state index in [2.05, 4.69) is 10.6 Å². The van der Waals surface area contributed by atoms with Gasteiger partial charge in [-0.1, -0.05) is 34.8 Å². The maximum absolute atomic E-state index is 11.8. The van der Waals surface area contributed by atoms with E-state index in [1.807, 2.05) is 0 Å². The van der Waals surface area contributed by atoms with E-state index in [1.165, 1.54) is 0 Å². The minimum absolute atomic E-state index is 0.0842. The molecule has 0 bridgehead atoms. The first-order valence-electron chi connectivity index (χ1n) is 6.32. The number of nitrogens with one attached hydrogen (secondary N) is 2. The normalized spacial score (nSPS) is 15.9. The van der Waals surface area contributed by atoms with Crippen molar-refractivity contribution in [1.29, 1.82) is 0 Å². The summed E-state index contributed by atoms with van der Waals surface area (Å²) in [6, 6.07) is 3.33. The van der Waals surface area contributed by atoms with Crippen molar-refractivity contribution in [2.24, 2.45) is 0 Å². The molecule has 1 fully saturated rings. The number of benzene rings is 1. The van der Waals surface area contributed by atoms with Gasteiger partial charge in [0.1, 0.15) is 0 Å². The first-order chi connectivity index (χ1) is 9.56. The Kier molecular flexibility index (Phi) is 5.78. The van der Waals surface area contributed by atoms with E-state index >= 15 is 0 Å². The van der Waals surface area contributed by atoms with Crippen LogP contribution in [0.4, 0.5) is 5.69 Å². The first kappa shape index (κ1) is 15.7. The van der Waals surface area contributed by atoms with E-state index in [1.54, 1.807) is 12.1 Å². The van der Waals surface area contributed by atoms with Crippen LogP contribution in [0.1, 0.15) is 12.8 Å². The summed E-state index contributed by atoms with van der Waals surface area (Å²) in [4.78, 5) is 11.8. The number of rotatable bonds is 4. The minimum Gasteiger partial charge on any atom is -0.381 e. The van der Waals surface area contributed by atoms with E-state index in [4.69, 9.17) is 39.5 Å². The predicted octanol–water partition coefficient (Wildman–Crippen LogP) is 3.35. The van der Waals surface area contributed by atoms with Crippen LogP contribution in [0, 0.1) is 0 Å². The summed E-state index contributed by atoms with van der Waals surface area (Å²) in [5, 5.41) is 7.11. The van der Waals surface area contributed by atoms with Gasteiger partial charge < -0.3 is 15.4 Å². The summed E-state index contributed by atoms with van der Waals surface area (Å²) < 4.78 is 5.24. The monoisotopic (exact) mass is 336 g/mol. The number of hydrogen-bond acceptors (Lipinski definition) is 3. The SMILES string of the molecule is O=C(CNc1cc(Cl)c(Cl)cc1Cl)NC1CCOCC1. The molecule has 2 rings (SSSR count). The van der Waals surface area contributed by atoms with Crippen molar-refractivity contribution in [2.45, 2.75) is 18.9 Å². The molecule has 2 N–H and O–H groups in total. The van der Waals surface area contributed by atoms with Crippen LogP contribution < -0.4 is 10.6 Å². The van der Waals surface area contributed by atoms with Gasteiger partial charge in [-0.2, -0.15) is 0 Å². The Morgan fingerprint density at radius 3 is 2.50 bits per heavy atom. The molecule has 0 saturated carbocycles. The van der Waals surface area contributed by atoms with Crippen LogP contribution >= 0.6 is 34.8 Å². The van der Waals surface area contributed by atoms with Crippen LogP contribution in [0.2, 0.25) is 15.1 Å². The molecule has 0 unspecified atom stereocenters. The number of halogens is 3. The fourth-order valence-corrected chi connectivity index (χ4v) is 2.57. The molecule has 1 aliphatic rings. The maximum Gasteiger partial charge on any atom is 0.239 e. The highest BCUT2D eigenvalue weighted by atomic mass is 35.5. The van der Waals surface area contributed by atoms with E-state index < -0.39 is 0 Å². The van der Waals surface area contributed by atoms with Gasteiger partial charge in [0.05, 0.1) is 27.3 Å². The van der Waals surface area contributed by atoms with Crippen molar-refractivity contribution in [3.8, 4) is 0 Å². The highest BCUT2D eigenvalue weighted by Crippen LogP contribution is 2.32. The quantitative estimate of drug-likeness (QED) is 0.828. The molecule has 1 aliphatic heterocycles. The van der Waals surface area contributed by atoms with E-state index in [-0.39, 0.29) is 18.5 Å². The van der Waals surface area contributed by atoms with E-state index in [0.717, 1.165) is 12.8 Å². The van der Waals surface area contributed by atoms with Crippen molar-refractivity contribution >= 4 is 46.4 Å². The first-order valence-corrected chi connectivity index (χ1v) is 7.45. The van der Waals surface area contributed by atoms with E-state index in [0.29, 0.717) is 34.0 Å². The van der Waals surface area contributed by atoms with Gasteiger partial charge in [0, 0.05) is 19.3 Å². The lowest BCUT2D eigenvalue weighted by Crippen LogP contribution is -2.41. The van der Waals surface area contributed by atoms with Crippen molar-refractivity contribution in [1.82, 2.24) is 5.32 Å². The third-order valence-electron chi connectivity index (χ3n) is 3.04. The lowest BCUT2D eigenvalue weighted by molar-refractivity contribution is -0.120. The molecule has 1 saturated heterocycles. The predicted molar refractivity (Wildman–Crippen MR) is 81.9 cm³/mol. The largest absolute Gasteiger partial charge is 0.381 e. The number of hydrogen-bond donors (Lipinski definition) is 2. The van der Waals surface area contributed by atoms with Gasteiger partial charge in [-0.25, -0.2) is 0 Å². The van der Waals surface area contributed by atoms with Crippen LogP contribution in [0.5, 0.6) is 0 Å². The third kappa shape index (κ3) is 4.42. The lowest BCUT2D eigenvalue weighted by atomic mass is 10.1. The molecule has 4 nitrogen and oxygen atoms in total. The molecule has 110 valence electrons. The number of carbonyl (C=O) groups excluding carboxylic acids is 1. The van der Waals surface area contributed by atoms with Crippen LogP contribution in [-0.4, -0.2) is 31.7 Å². The van der Waals surface area contributed by atoms with Crippen molar-refractivity contribution in [2.75, 3.05) is 25.1 Å². The Labute approximate surface area is 132 Å². The summed E-state index contributed by atoms with van der Waals surface area (Å²) in [6.45, 7) is 1.52. The fourth-order valence-electron chi connectivity index (χ4n) is 1.95. The summed E-state index contributed by atoms with van der Waals surface area (Å²) in [5.74, 6) is -0.0842. The zero-order chi connectivity index (χ0) is 14.5. The Bertz CT molecular complexity index is 491. The second-order valence-electron chi connectivity index (χ2n) is 4.55. The molecule has 1 heterocycles. The lowest BCUT2D eigenvalue weighted by Gasteiger charge is -2.23. The van der Waals surface area contributed by atoms with Gasteiger partial charge in [-0.15, -0.1) is 0 Å². The molecule has 0 spiro atoms. The highest BCUT2D eigenvalue weighted by molar-refractivity contribution is 6.44. The van der Waals surface area contributed by atoms with Gasteiger partial charge >= 0.3 is 0 Å². The summed E-state index contributed by atoms with van der Waals surface area (Å²) in [7, 11) is 0. The minimum atomic E-state index is -0.0842. The molecule has 7 heteroatoms. The standard InChI is InChI=1S/C13H15Cl3N2O2/c14-9-5-11(16)12(6-10(9)15)17-7-13(19)18-8-1-3-20-4-2-8/h5-6,8,17H,1-4,7H2,(H,18,19). The van der Waals surface area contributed by atoms with Crippen LogP contribution in [0.3, 0.4) is 0 Å². The number of carbonyl (C=O) groups is 1. The van der Waals surface area contributed by atoms with Crippen molar-refractivity contribution < 1.29 is 9.53 Å². The molecule has 1 aromatic rings. The molecule has 1 amide bonds. The number of ether oxygens (including phenoxy) is 1. The smallest absolute Gasteiger partial charge is 0.239 e. The second-order valence-corrected chi connectivity index (χ2v) is 5.78. The molecule has 0 aliphatic carbocycles. The van der Waals surface area contributed by atoms with Gasteiger partial charge in [-0.3, -0.25) is 4.79 Å². The molecule has 0 aromatic heterocycles. The molecule has 0 atom stereocenters. The zero-order valence-electron chi connectivity index (χ0n) is 10.7. The van der Waals surface area contributed by atoms with Crippen LogP contribution in [0.25, 0.3) is 0 Å². The molecule has 1 aromatic carbocycles. The Morgan fingerprint density at radius 2 is 1.80 bits per heavy atom. The second kappa shape index (κ2) is 7.36. The summed E-state index contributed by atoms with van der Waals surface area (Å²) in [6.07, 6.45) is 1.69. The summed E-state index contributed by atoms with van der Waals surface area (Å²) >= 11 is 17.8. The number of amides is 1. The van der Waals surface area contributed by atoms with Gasteiger partial charge in [0.2, 0.25) is 5.91 Å². The van der Waals surface area contributed by atoms with Crippen LogP contribution in [0.15, 0.2) is 12.1 Å². The fraction of sp³-hybridized carbons (Fsp3) is 0.462. The van der Waals surface area contributed by atoms with Gasteiger partial charge in [-0.05, 0) is 25.0 Å². The average molecular weight is 338 g/mol. The van der Waals surface area contributed by atoms with E-state index in [9.17, 15) is 4.79 Å². The molecule has 0 radical (unpaired) electrons. The Balaban J connectivity index is 1.85. The molecule has 20 heavy (non-hydrogen) atoms. The Morgan fingerprint density at radius 1 is 1.15 bits per heavy atom. The Hall–Kier alpha value is -0.680. The summed E-state index contributed by atoms with van der Waals surface area (Å²) in [5.41, 5.74) is 0.586. The third-order valence-corrected chi connectivity index (χ3v) is 4.07. The average Bonchev–Trinajstić information content (AvgIpc) is 2.42. The molecular weight excluding hydrogens is 323 g/mol. The van der Waals surface area contributed by atoms with Crippen molar-refractivity contribution in [3.05, 3.63) is 27.2 Å². The van der Waals surface area contributed by atoms with Crippen molar-refractivity contribution in [3.63, 3.8) is 0 Å². The highest BCUT2D eigenvalue weighted by Gasteiger charge is 2.16. The van der Waals surface area contributed by atoms with Gasteiger partial charge in [0.25, 0.3) is 0 Å². The van der Waals surface area contributed by atoms with Gasteiger partial charge in [0.15, 0.2) is 0 Å². The van der Waals surface area contributed by atoms with Crippen LogP contribution in [-0.2, 0) is 9.53 Å². The molecular formula is C13H15Cl3N2O2. The number of anilines is 1.